The van der Waals surface area contributed by atoms with Gasteiger partial charge in [0.25, 0.3) is 0 Å². The molecule has 0 spiro atoms. The summed E-state index contributed by atoms with van der Waals surface area (Å²) in [6.07, 6.45) is 9.52. The largest absolute Gasteiger partial charge is 0.353 e. The van der Waals surface area contributed by atoms with Crippen LogP contribution in [0.1, 0.15) is 61.6 Å². The second-order valence-corrected chi connectivity index (χ2v) is 9.63. The number of amides is 2. The van der Waals surface area contributed by atoms with Gasteiger partial charge in [0, 0.05) is 24.2 Å². The van der Waals surface area contributed by atoms with Gasteiger partial charge in [0.05, 0.1) is 12.5 Å². The first-order valence-electron chi connectivity index (χ1n) is 11.5. The number of thiazole rings is 1. The fourth-order valence-electron chi connectivity index (χ4n) is 4.70. The van der Waals surface area contributed by atoms with Gasteiger partial charge in [-0.15, -0.1) is 11.3 Å². The molecule has 2 unspecified atom stereocenters. The topological polar surface area (TPSA) is 74.3 Å². The van der Waals surface area contributed by atoms with Crippen molar-refractivity contribution in [3.8, 4) is 0 Å². The zero-order valence-electron chi connectivity index (χ0n) is 18.0. The Bertz CT molecular complexity index is 837. The first-order chi connectivity index (χ1) is 15.2. The maximum atomic E-state index is 12.9. The van der Waals surface area contributed by atoms with Gasteiger partial charge >= 0.3 is 0 Å². The molecule has 2 amide bonds. The Hall–Kier alpha value is -2.25. The molecule has 2 fully saturated rings. The number of aromatic nitrogens is 1. The number of likely N-dealkylation sites (tertiary alicyclic amines) is 1. The highest BCUT2D eigenvalue weighted by atomic mass is 32.1. The predicted octanol–water partition coefficient (Wildman–Crippen LogP) is 3.51. The Morgan fingerprint density at radius 2 is 1.90 bits per heavy atom. The van der Waals surface area contributed by atoms with E-state index in [9.17, 15) is 9.59 Å². The lowest BCUT2D eigenvalue weighted by Crippen LogP contribution is -2.48. The minimum Gasteiger partial charge on any atom is -0.353 e. The van der Waals surface area contributed by atoms with Crippen LogP contribution in [0.4, 0.5) is 0 Å². The van der Waals surface area contributed by atoms with E-state index in [0.717, 1.165) is 42.8 Å². The lowest BCUT2D eigenvalue weighted by molar-refractivity contribution is -0.129. The number of carbonyl (C=O) groups excluding carboxylic acids is 2. The normalized spacial score (nSPS) is 21.4. The third-order valence-corrected chi connectivity index (χ3v) is 7.17. The van der Waals surface area contributed by atoms with E-state index in [0.29, 0.717) is 19.1 Å². The molecule has 1 aromatic heterocycles. The second-order valence-electron chi connectivity index (χ2n) is 8.70. The van der Waals surface area contributed by atoms with Crippen molar-refractivity contribution >= 4 is 23.2 Å². The number of hydrogen-bond donors (Lipinski definition) is 2. The highest BCUT2D eigenvalue weighted by Crippen LogP contribution is 2.24. The SMILES string of the molecule is O=C(CN1CCCC(C(=O)NC2CCCCC2)C1)NC(c1ccccc1)c1nccs1. The second kappa shape index (κ2) is 10.9. The number of nitrogens with one attached hydrogen (secondary N) is 2. The van der Waals surface area contributed by atoms with Gasteiger partial charge in [-0.3, -0.25) is 14.5 Å². The van der Waals surface area contributed by atoms with Crippen molar-refractivity contribution in [2.24, 2.45) is 5.92 Å². The van der Waals surface area contributed by atoms with Gasteiger partial charge in [-0.2, -0.15) is 0 Å². The monoisotopic (exact) mass is 440 g/mol. The number of nitrogens with zero attached hydrogens (tertiary/aromatic N) is 2. The van der Waals surface area contributed by atoms with Crippen molar-refractivity contribution < 1.29 is 9.59 Å². The molecular weight excluding hydrogens is 408 g/mol. The quantitative estimate of drug-likeness (QED) is 0.691. The summed E-state index contributed by atoms with van der Waals surface area (Å²) in [5, 5.41) is 9.23. The van der Waals surface area contributed by atoms with Gasteiger partial charge in [-0.05, 0) is 37.8 Å². The minimum absolute atomic E-state index is 0.0210. The molecule has 2 aliphatic rings. The number of hydrogen-bond acceptors (Lipinski definition) is 5. The molecule has 7 heteroatoms. The van der Waals surface area contributed by atoms with Crippen molar-refractivity contribution in [2.75, 3.05) is 19.6 Å². The molecule has 2 aromatic rings. The Balaban J connectivity index is 1.32. The standard InChI is InChI=1S/C24H32N4O2S/c29-21(27-22(24-25-13-15-31-24)18-8-3-1-4-9-18)17-28-14-7-10-19(16-28)23(30)26-20-11-5-2-6-12-20/h1,3-4,8-9,13,15,19-20,22H,2,5-7,10-12,14,16-17H2,(H,26,30)(H,27,29). The van der Waals surface area contributed by atoms with E-state index in [1.54, 1.807) is 17.5 Å². The molecule has 0 radical (unpaired) electrons. The molecule has 0 bridgehead atoms. The maximum Gasteiger partial charge on any atom is 0.235 e. The van der Waals surface area contributed by atoms with Crippen LogP contribution in [0.25, 0.3) is 0 Å². The van der Waals surface area contributed by atoms with Gasteiger partial charge in [0.2, 0.25) is 11.8 Å². The van der Waals surface area contributed by atoms with E-state index in [1.165, 1.54) is 19.3 Å². The van der Waals surface area contributed by atoms with Crippen LogP contribution >= 0.6 is 11.3 Å². The number of rotatable bonds is 7. The fourth-order valence-corrected chi connectivity index (χ4v) is 5.41. The summed E-state index contributed by atoms with van der Waals surface area (Å²) in [5.74, 6) is 0.117. The smallest absolute Gasteiger partial charge is 0.235 e. The lowest BCUT2D eigenvalue weighted by Gasteiger charge is -2.33. The van der Waals surface area contributed by atoms with Gasteiger partial charge < -0.3 is 10.6 Å². The molecule has 1 aromatic carbocycles. The highest BCUT2D eigenvalue weighted by molar-refractivity contribution is 7.09. The lowest BCUT2D eigenvalue weighted by atomic mass is 9.93. The zero-order chi connectivity index (χ0) is 21.5. The number of piperidine rings is 1. The molecule has 1 saturated carbocycles. The fraction of sp³-hybridized carbons (Fsp3) is 0.542. The summed E-state index contributed by atoms with van der Waals surface area (Å²) in [5.41, 5.74) is 1.02. The summed E-state index contributed by atoms with van der Waals surface area (Å²) >= 11 is 1.54. The van der Waals surface area contributed by atoms with Gasteiger partial charge in [-0.25, -0.2) is 4.98 Å². The molecule has 1 aliphatic carbocycles. The van der Waals surface area contributed by atoms with Crippen molar-refractivity contribution in [3.63, 3.8) is 0 Å². The summed E-state index contributed by atoms with van der Waals surface area (Å²) in [4.78, 5) is 32.2. The molecule has 2 heterocycles. The Labute approximate surface area is 188 Å². The minimum atomic E-state index is -0.246. The first-order valence-corrected chi connectivity index (χ1v) is 12.3. The third kappa shape index (κ3) is 6.14. The van der Waals surface area contributed by atoms with Crippen molar-refractivity contribution in [2.45, 2.75) is 57.0 Å². The van der Waals surface area contributed by atoms with Crippen LogP contribution < -0.4 is 10.6 Å². The Morgan fingerprint density at radius 3 is 2.65 bits per heavy atom. The Morgan fingerprint density at radius 1 is 1.10 bits per heavy atom. The van der Waals surface area contributed by atoms with E-state index < -0.39 is 0 Å². The maximum absolute atomic E-state index is 12.9. The number of carbonyl (C=O) groups is 2. The molecular formula is C24H32N4O2S. The molecule has 31 heavy (non-hydrogen) atoms. The molecule has 1 saturated heterocycles. The summed E-state index contributed by atoms with van der Waals surface area (Å²) < 4.78 is 0. The van der Waals surface area contributed by atoms with Crippen LogP contribution in [0, 0.1) is 5.92 Å². The summed E-state index contributed by atoms with van der Waals surface area (Å²) in [6, 6.07) is 10.0. The van der Waals surface area contributed by atoms with Crippen molar-refractivity contribution in [1.29, 1.82) is 0 Å². The van der Waals surface area contributed by atoms with Crippen molar-refractivity contribution in [3.05, 3.63) is 52.5 Å². The molecule has 6 nitrogen and oxygen atoms in total. The summed E-state index contributed by atoms with van der Waals surface area (Å²) in [7, 11) is 0. The van der Waals surface area contributed by atoms with E-state index in [4.69, 9.17) is 0 Å². The zero-order valence-corrected chi connectivity index (χ0v) is 18.8. The van der Waals surface area contributed by atoms with Crippen LogP contribution in [-0.4, -0.2) is 47.4 Å². The average Bonchev–Trinajstić information content (AvgIpc) is 3.33. The highest BCUT2D eigenvalue weighted by Gasteiger charge is 2.29. The van der Waals surface area contributed by atoms with E-state index in [-0.39, 0.29) is 23.8 Å². The van der Waals surface area contributed by atoms with Crippen LogP contribution in [0.15, 0.2) is 41.9 Å². The molecule has 4 rings (SSSR count). The van der Waals surface area contributed by atoms with E-state index in [2.05, 4.69) is 20.5 Å². The number of benzene rings is 1. The average molecular weight is 441 g/mol. The molecule has 2 atom stereocenters. The van der Waals surface area contributed by atoms with Crippen LogP contribution in [0.2, 0.25) is 0 Å². The molecule has 166 valence electrons. The van der Waals surface area contributed by atoms with E-state index in [1.807, 2.05) is 35.7 Å². The van der Waals surface area contributed by atoms with Crippen molar-refractivity contribution in [1.82, 2.24) is 20.5 Å². The molecule has 1 aliphatic heterocycles. The summed E-state index contributed by atoms with van der Waals surface area (Å²) in [6.45, 7) is 1.81. The van der Waals surface area contributed by atoms with Crippen LogP contribution in [-0.2, 0) is 9.59 Å². The van der Waals surface area contributed by atoms with Gasteiger partial charge in [0.1, 0.15) is 11.0 Å². The van der Waals surface area contributed by atoms with Crippen LogP contribution in [0.3, 0.4) is 0 Å². The van der Waals surface area contributed by atoms with Gasteiger partial charge in [-0.1, -0.05) is 49.6 Å². The van der Waals surface area contributed by atoms with Gasteiger partial charge in [0.15, 0.2) is 0 Å². The van der Waals surface area contributed by atoms with E-state index >= 15 is 0 Å². The third-order valence-electron chi connectivity index (χ3n) is 6.33. The Kier molecular flexibility index (Phi) is 7.70. The predicted molar refractivity (Wildman–Crippen MR) is 123 cm³/mol. The van der Waals surface area contributed by atoms with Crippen LogP contribution in [0.5, 0.6) is 0 Å². The molecule has 2 N–H and O–H groups in total. The first kappa shape index (κ1) is 22.0.